The topological polar surface area (TPSA) is 24.1 Å². The van der Waals surface area contributed by atoms with Crippen molar-refractivity contribution in [1.29, 1.82) is 0 Å². The van der Waals surface area contributed by atoms with Crippen molar-refractivity contribution in [2.24, 2.45) is 5.92 Å². The molecule has 1 aliphatic rings. The Bertz CT molecular complexity index is 108. The van der Waals surface area contributed by atoms with Crippen molar-refractivity contribution in [3.05, 3.63) is 0 Å². The van der Waals surface area contributed by atoms with Gasteiger partial charge in [0.2, 0.25) is 0 Å². The lowest BCUT2D eigenvalue weighted by atomic mass is 9.82. The smallest absolute Gasteiger partial charge is 0.0161 e. The van der Waals surface area contributed by atoms with E-state index in [4.69, 9.17) is 0 Å². The molecule has 11 heavy (non-hydrogen) atoms. The SMILES string of the molecule is CNC(C)CNC1CC(C)C1. The summed E-state index contributed by atoms with van der Waals surface area (Å²) in [5, 5.41) is 6.75. The Balaban J connectivity index is 1.96. The first-order valence-electron chi connectivity index (χ1n) is 4.63. The summed E-state index contributed by atoms with van der Waals surface area (Å²) in [4.78, 5) is 0. The molecule has 0 heterocycles. The monoisotopic (exact) mass is 156 g/mol. The third kappa shape index (κ3) is 2.80. The van der Waals surface area contributed by atoms with Gasteiger partial charge in [0.25, 0.3) is 0 Å². The van der Waals surface area contributed by atoms with E-state index < -0.39 is 0 Å². The summed E-state index contributed by atoms with van der Waals surface area (Å²) in [5.74, 6) is 0.956. The van der Waals surface area contributed by atoms with Gasteiger partial charge >= 0.3 is 0 Å². The van der Waals surface area contributed by atoms with E-state index in [-0.39, 0.29) is 0 Å². The van der Waals surface area contributed by atoms with Crippen LogP contribution >= 0.6 is 0 Å². The second-order valence-corrected chi connectivity index (χ2v) is 3.87. The minimum Gasteiger partial charge on any atom is -0.316 e. The Kier molecular flexibility index (Phi) is 3.34. The maximum absolute atomic E-state index is 3.54. The van der Waals surface area contributed by atoms with Gasteiger partial charge in [0.05, 0.1) is 0 Å². The van der Waals surface area contributed by atoms with Crippen LogP contribution in [-0.4, -0.2) is 25.7 Å². The van der Waals surface area contributed by atoms with E-state index in [0.29, 0.717) is 6.04 Å². The number of rotatable bonds is 4. The molecule has 1 atom stereocenters. The average Bonchev–Trinajstić information content (AvgIpc) is 1.95. The maximum Gasteiger partial charge on any atom is 0.0161 e. The second-order valence-electron chi connectivity index (χ2n) is 3.87. The van der Waals surface area contributed by atoms with E-state index in [9.17, 15) is 0 Å². The molecule has 0 spiro atoms. The van der Waals surface area contributed by atoms with Crippen molar-refractivity contribution in [2.45, 2.75) is 38.8 Å². The highest BCUT2D eigenvalue weighted by Gasteiger charge is 2.24. The van der Waals surface area contributed by atoms with Crippen LogP contribution in [0.15, 0.2) is 0 Å². The summed E-state index contributed by atoms with van der Waals surface area (Å²) in [7, 11) is 2.01. The van der Waals surface area contributed by atoms with Crippen LogP contribution in [0, 0.1) is 5.92 Å². The second kappa shape index (κ2) is 4.07. The molecule has 2 nitrogen and oxygen atoms in total. The lowest BCUT2D eigenvalue weighted by Gasteiger charge is -2.34. The molecule has 0 bridgehead atoms. The van der Waals surface area contributed by atoms with Gasteiger partial charge in [-0.3, -0.25) is 0 Å². The van der Waals surface area contributed by atoms with Crippen molar-refractivity contribution < 1.29 is 0 Å². The lowest BCUT2D eigenvalue weighted by molar-refractivity contribution is 0.237. The summed E-state index contributed by atoms with van der Waals surface area (Å²) in [5.41, 5.74) is 0. The summed E-state index contributed by atoms with van der Waals surface area (Å²) in [6.45, 7) is 5.63. The first-order valence-corrected chi connectivity index (χ1v) is 4.63. The summed E-state index contributed by atoms with van der Waals surface area (Å²) in [6, 6.07) is 1.41. The molecule has 1 aliphatic carbocycles. The molecule has 0 aromatic heterocycles. The van der Waals surface area contributed by atoms with Crippen molar-refractivity contribution in [3.8, 4) is 0 Å². The zero-order chi connectivity index (χ0) is 8.27. The fourth-order valence-corrected chi connectivity index (χ4v) is 1.51. The molecule has 66 valence electrons. The van der Waals surface area contributed by atoms with Crippen LogP contribution in [-0.2, 0) is 0 Å². The molecule has 2 N–H and O–H groups in total. The largest absolute Gasteiger partial charge is 0.316 e. The summed E-state index contributed by atoms with van der Waals surface area (Å²) >= 11 is 0. The highest BCUT2D eigenvalue weighted by atomic mass is 15.0. The van der Waals surface area contributed by atoms with E-state index in [1.54, 1.807) is 0 Å². The molecule has 2 heteroatoms. The van der Waals surface area contributed by atoms with Crippen molar-refractivity contribution in [3.63, 3.8) is 0 Å². The van der Waals surface area contributed by atoms with Gasteiger partial charge in [-0.1, -0.05) is 6.92 Å². The Morgan fingerprint density at radius 1 is 1.45 bits per heavy atom. The minimum atomic E-state index is 0.603. The molecule has 0 aromatic carbocycles. The molecule has 1 fully saturated rings. The number of hydrogen-bond acceptors (Lipinski definition) is 2. The van der Waals surface area contributed by atoms with Gasteiger partial charge in [0.15, 0.2) is 0 Å². The quantitative estimate of drug-likeness (QED) is 0.634. The first-order chi connectivity index (χ1) is 5.22. The molecule has 0 saturated heterocycles. The minimum absolute atomic E-state index is 0.603. The zero-order valence-electron chi connectivity index (χ0n) is 7.85. The van der Waals surface area contributed by atoms with E-state index in [1.165, 1.54) is 12.8 Å². The molecule has 0 amide bonds. The number of hydrogen-bond donors (Lipinski definition) is 2. The predicted molar refractivity (Wildman–Crippen MR) is 48.7 cm³/mol. The molecule has 0 radical (unpaired) electrons. The van der Waals surface area contributed by atoms with Crippen LogP contribution in [0.25, 0.3) is 0 Å². The molecule has 1 rings (SSSR count). The summed E-state index contributed by atoms with van der Waals surface area (Å²) in [6.07, 6.45) is 2.74. The summed E-state index contributed by atoms with van der Waals surface area (Å²) < 4.78 is 0. The predicted octanol–water partition coefficient (Wildman–Crippen LogP) is 0.982. The lowest BCUT2D eigenvalue weighted by Crippen LogP contribution is -2.45. The fourth-order valence-electron chi connectivity index (χ4n) is 1.51. The van der Waals surface area contributed by atoms with Gasteiger partial charge in [-0.2, -0.15) is 0 Å². The average molecular weight is 156 g/mol. The van der Waals surface area contributed by atoms with Crippen LogP contribution in [0.1, 0.15) is 26.7 Å². The Hall–Kier alpha value is -0.0800. The Morgan fingerprint density at radius 3 is 2.55 bits per heavy atom. The fraction of sp³-hybridized carbons (Fsp3) is 1.00. The molecular weight excluding hydrogens is 136 g/mol. The number of likely N-dealkylation sites (N-methyl/N-ethyl adjacent to an activating group) is 1. The van der Waals surface area contributed by atoms with Crippen molar-refractivity contribution >= 4 is 0 Å². The number of nitrogens with one attached hydrogen (secondary N) is 2. The normalized spacial score (nSPS) is 33.0. The van der Waals surface area contributed by atoms with E-state index in [1.807, 2.05) is 7.05 Å². The van der Waals surface area contributed by atoms with Gasteiger partial charge in [0.1, 0.15) is 0 Å². The van der Waals surface area contributed by atoms with Gasteiger partial charge < -0.3 is 10.6 Å². The van der Waals surface area contributed by atoms with Crippen molar-refractivity contribution in [1.82, 2.24) is 10.6 Å². The highest BCUT2D eigenvalue weighted by Crippen LogP contribution is 2.25. The van der Waals surface area contributed by atoms with E-state index in [0.717, 1.165) is 18.5 Å². The first kappa shape index (κ1) is 9.01. The van der Waals surface area contributed by atoms with Gasteiger partial charge in [-0.05, 0) is 32.7 Å². The van der Waals surface area contributed by atoms with Crippen molar-refractivity contribution in [2.75, 3.05) is 13.6 Å². The van der Waals surface area contributed by atoms with Crippen LogP contribution in [0.5, 0.6) is 0 Å². The van der Waals surface area contributed by atoms with Gasteiger partial charge in [-0.15, -0.1) is 0 Å². The Morgan fingerprint density at radius 2 is 2.09 bits per heavy atom. The van der Waals surface area contributed by atoms with Crippen LogP contribution in [0.4, 0.5) is 0 Å². The Labute approximate surface area is 69.8 Å². The molecule has 0 aromatic rings. The van der Waals surface area contributed by atoms with Crippen LogP contribution in [0.2, 0.25) is 0 Å². The molecule has 1 saturated carbocycles. The van der Waals surface area contributed by atoms with Gasteiger partial charge in [0, 0.05) is 18.6 Å². The standard InChI is InChI=1S/C9H20N2/c1-7-4-9(5-7)11-6-8(2)10-3/h7-11H,4-6H2,1-3H3. The third-order valence-electron chi connectivity index (χ3n) is 2.58. The van der Waals surface area contributed by atoms with Gasteiger partial charge in [-0.25, -0.2) is 0 Å². The van der Waals surface area contributed by atoms with E-state index in [2.05, 4.69) is 24.5 Å². The van der Waals surface area contributed by atoms with E-state index >= 15 is 0 Å². The third-order valence-corrected chi connectivity index (χ3v) is 2.58. The zero-order valence-corrected chi connectivity index (χ0v) is 7.85. The molecule has 1 unspecified atom stereocenters. The highest BCUT2D eigenvalue weighted by molar-refractivity contribution is 4.83. The van der Waals surface area contributed by atoms with Crippen LogP contribution < -0.4 is 10.6 Å². The molecule has 0 aliphatic heterocycles. The molecular formula is C9H20N2. The van der Waals surface area contributed by atoms with Crippen LogP contribution in [0.3, 0.4) is 0 Å². The maximum atomic E-state index is 3.54.